The molecule has 0 fully saturated rings. The van der Waals surface area contributed by atoms with Crippen LogP contribution >= 0.6 is 0 Å². The van der Waals surface area contributed by atoms with E-state index in [1.807, 2.05) is 0 Å². The Balaban J connectivity index is 5.01. The highest BCUT2D eigenvalue weighted by Gasteiger charge is 2.34. The number of rotatable bonds is 9. The van der Waals surface area contributed by atoms with Crippen LogP contribution in [0.4, 0.5) is 0 Å². The van der Waals surface area contributed by atoms with Crippen LogP contribution in [0, 0.1) is 35.5 Å². The van der Waals surface area contributed by atoms with Gasteiger partial charge in [-0.25, -0.2) is 0 Å². The minimum atomic E-state index is 0.346. The second-order valence-corrected chi connectivity index (χ2v) is 7.61. The van der Waals surface area contributed by atoms with Crippen molar-refractivity contribution in [2.75, 3.05) is 0 Å². The van der Waals surface area contributed by atoms with Crippen LogP contribution in [0.15, 0.2) is 0 Å². The van der Waals surface area contributed by atoms with Gasteiger partial charge in [-0.3, -0.25) is 0 Å². The molecule has 1 nitrogen and oxygen atoms in total. The molecule has 1 heteroatoms. The lowest BCUT2D eigenvalue weighted by Gasteiger charge is -2.41. The van der Waals surface area contributed by atoms with Crippen LogP contribution in [0.3, 0.4) is 0 Å². The van der Waals surface area contributed by atoms with E-state index in [1.165, 1.54) is 19.3 Å². The molecule has 0 aromatic rings. The summed E-state index contributed by atoms with van der Waals surface area (Å²) in [7, 11) is 0. The summed E-state index contributed by atoms with van der Waals surface area (Å²) in [5, 5.41) is 0. The summed E-state index contributed by atoms with van der Waals surface area (Å²) in [4.78, 5) is 0. The van der Waals surface area contributed by atoms with Gasteiger partial charge in [0.25, 0.3) is 0 Å². The van der Waals surface area contributed by atoms with Gasteiger partial charge in [0, 0.05) is 6.04 Å². The van der Waals surface area contributed by atoms with E-state index in [-0.39, 0.29) is 0 Å². The maximum atomic E-state index is 5.97. The predicted molar refractivity (Wildman–Crippen MR) is 88.2 cm³/mol. The zero-order chi connectivity index (χ0) is 15.2. The summed E-state index contributed by atoms with van der Waals surface area (Å²) in [5.41, 5.74) is 5.97. The zero-order valence-corrected chi connectivity index (χ0v) is 14.7. The van der Waals surface area contributed by atoms with Crippen LogP contribution in [-0.4, -0.2) is 6.04 Å². The highest BCUT2D eigenvalue weighted by Crippen LogP contribution is 2.41. The molecule has 116 valence electrons. The van der Waals surface area contributed by atoms with Crippen molar-refractivity contribution in [2.45, 2.75) is 80.7 Å². The van der Waals surface area contributed by atoms with E-state index in [0.717, 1.165) is 35.5 Å². The third-order valence-corrected chi connectivity index (χ3v) is 4.82. The summed E-state index contributed by atoms with van der Waals surface area (Å²) in [6.07, 6.45) is 3.77. The molecule has 0 amide bonds. The van der Waals surface area contributed by atoms with Gasteiger partial charge in [0.05, 0.1) is 0 Å². The maximum absolute atomic E-state index is 5.97. The zero-order valence-electron chi connectivity index (χ0n) is 14.7. The third kappa shape index (κ3) is 6.29. The predicted octanol–water partition coefficient (Wildman–Crippen LogP) is 5.34. The SMILES string of the molecule is CCC(CCC(C)N)C(C(C)C)C(C(C)C)C(C)C. The van der Waals surface area contributed by atoms with Crippen LogP contribution in [0.1, 0.15) is 74.7 Å². The summed E-state index contributed by atoms with van der Waals surface area (Å²) >= 11 is 0. The topological polar surface area (TPSA) is 26.0 Å². The van der Waals surface area contributed by atoms with E-state index < -0.39 is 0 Å². The van der Waals surface area contributed by atoms with Crippen molar-refractivity contribution in [3.8, 4) is 0 Å². The van der Waals surface area contributed by atoms with Gasteiger partial charge >= 0.3 is 0 Å². The second-order valence-electron chi connectivity index (χ2n) is 7.61. The van der Waals surface area contributed by atoms with E-state index in [9.17, 15) is 0 Å². The van der Waals surface area contributed by atoms with E-state index in [2.05, 4.69) is 55.4 Å². The van der Waals surface area contributed by atoms with Crippen molar-refractivity contribution in [1.82, 2.24) is 0 Å². The van der Waals surface area contributed by atoms with Gasteiger partial charge in [-0.05, 0) is 55.3 Å². The monoisotopic (exact) mass is 269 g/mol. The minimum absolute atomic E-state index is 0.346. The highest BCUT2D eigenvalue weighted by molar-refractivity contribution is 4.83. The number of nitrogens with two attached hydrogens (primary N) is 1. The number of hydrogen-bond acceptors (Lipinski definition) is 1. The molecule has 3 unspecified atom stereocenters. The van der Waals surface area contributed by atoms with Gasteiger partial charge in [-0.1, -0.05) is 54.9 Å². The van der Waals surface area contributed by atoms with Gasteiger partial charge in [-0.15, -0.1) is 0 Å². The second kappa shape index (κ2) is 9.00. The lowest BCUT2D eigenvalue weighted by atomic mass is 9.64. The molecule has 0 heterocycles. The standard InChI is InChI=1S/C18H39N/c1-9-16(11-10-15(8)19)18(14(6)7)17(12(2)3)13(4)5/h12-18H,9-11,19H2,1-8H3. The molecule has 0 rings (SSSR count). The first kappa shape index (κ1) is 19.0. The van der Waals surface area contributed by atoms with E-state index in [0.29, 0.717) is 6.04 Å². The van der Waals surface area contributed by atoms with Gasteiger partial charge < -0.3 is 5.73 Å². The Morgan fingerprint density at radius 1 is 0.684 bits per heavy atom. The molecule has 0 aromatic carbocycles. The van der Waals surface area contributed by atoms with Crippen molar-refractivity contribution in [1.29, 1.82) is 0 Å². The lowest BCUT2D eigenvalue weighted by Crippen LogP contribution is -2.35. The van der Waals surface area contributed by atoms with Crippen molar-refractivity contribution in [3.63, 3.8) is 0 Å². The average molecular weight is 270 g/mol. The summed E-state index contributed by atoms with van der Waals surface area (Å²) in [6, 6.07) is 0.346. The van der Waals surface area contributed by atoms with E-state index in [4.69, 9.17) is 5.73 Å². The Kier molecular flexibility index (Phi) is 8.98. The molecular weight excluding hydrogens is 230 g/mol. The maximum Gasteiger partial charge on any atom is 0.00105 e. The van der Waals surface area contributed by atoms with Crippen molar-refractivity contribution in [3.05, 3.63) is 0 Å². The Labute approximate surface area is 122 Å². The number of hydrogen-bond donors (Lipinski definition) is 1. The van der Waals surface area contributed by atoms with E-state index >= 15 is 0 Å². The van der Waals surface area contributed by atoms with Crippen LogP contribution in [-0.2, 0) is 0 Å². The first-order valence-corrected chi connectivity index (χ1v) is 8.47. The van der Waals surface area contributed by atoms with Gasteiger partial charge in [0.1, 0.15) is 0 Å². The molecular formula is C18H39N. The van der Waals surface area contributed by atoms with Gasteiger partial charge in [0.2, 0.25) is 0 Å². The van der Waals surface area contributed by atoms with E-state index in [1.54, 1.807) is 0 Å². The molecule has 0 aliphatic rings. The Bertz CT molecular complexity index is 210. The summed E-state index contributed by atoms with van der Waals surface area (Å²) in [5.74, 6) is 4.82. The lowest BCUT2D eigenvalue weighted by molar-refractivity contribution is 0.0782. The first-order chi connectivity index (χ1) is 8.72. The summed E-state index contributed by atoms with van der Waals surface area (Å²) < 4.78 is 0. The first-order valence-electron chi connectivity index (χ1n) is 8.47. The fourth-order valence-electron chi connectivity index (χ4n) is 4.11. The fraction of sp³-hybridized carbons (Fsp3) is 1.00. The Morgan fingerprint density at radius 2 is 1.11 bits per heavy atom. The van der Waals surface area contributed by atoms with Crippen LogP contribution < -0.4 is 5.73 Å². The third-order valence-electron chi connectivity index (χ3n) is 4.82. The van der Waals surface area contributed by atoms with Crippen LogP contribution in [0.25, 0.3) is 0 Å². The molecule has 0 aliphatic carbocycles. The molecule has 0 radical (unpaired) electrons. The normalized spacial score (nSPS) is 17.5. The highest BCUT2D eigenvalue weighted by atomic mass is 14.6. The molecule has 0 spiro atoms. The smallest absolute Gasteiger partial charge is 0.00105 e. The molecule has 3 atom stereocenters. The van der Waals surface area contributed by atoms with Crippen LogP contribution in [0.2, 0.25) is 0 Å². The molecule has 0 bridgehead atoms. The summed E-state index contributed by atoms with van der Waals surface area (Å²) in [6.45, 7) is 18.9. The van der Waals surface area contributed by atoms with Crippen LogP contribution in [0.5, 0.6) is 0 Å². The minimum Gasteiger partial charge on any atom is -0.328 e. The molecule has 0 aliphatic heterocycles. The molecule has 2 N–H and O–H groups in total. The molecule has 19 heavy (non-hydrogen) atoms. The molecule has 0 aromatic heterocycles. The van der Waals surface area contributed by atoms with Gasteiger partial charge in [-0.2, -0.15) is 0 Å². The van der Waals surface area contributed by atoms with Gasteiger partial charge in [0.15, 0.2) is 0 Å². The Morgan fingerprint density at radius 3 is 1.37 bits per heavy atom. The quantitative estimate of drug-likeness (QED) is 0.600. The largest absolute Gasteiger partial charge is 0.328 e. The molecule has 0 saturated heterocycles. The van der Waals surface area contributed by atoms with Crippen molar-refractivity contribution >= 4 is 0 Å². The fourth-order valence-corrected chi connectivity index (χ4v) is 4.11. The molecule has 0 saturated carbocycles. The Hall–Kier alpha value is -0.0400. The van der Waals surface area contributed by atoms with Crippen molar-refractivity contribution < 1.29 is 0 Å². The van der Waals surface area contributed by atoms with Crippen molar-refractivity contribution in [2.24, 2.45) is 41.2 Å². The average Bonchev–Trinajstić information content (AvgIpc) is 2.26.